The largest absolute Gasteiger partial charge is 0.402 e. The van der Waals surface area contributed by atoms with Crippen molar-refractivity contribution >= 4 is 21.5 Å². The van der Waals surface area contributed by atoms with Crippen molar-refractivity contribution < 1.29 is 9.00 Å². The second kappa shape index (κ2) is 10.6. The van der Waals surface area contributed by atoms with Gasteiger partial charge in [0, 0.05) is 43.2 Å². The molecule has 0 bridgehead atoms. The van der Waals surface area contributed by atoms with Crippen LogP contribution in [0.1, 0.15) is 61.3 Å². The van der Waals surface area contributed by atoms with Crippen LogP contribution in [0.2, 0.25) is 0 Å². The van der Waals surface area contributed by atoms with Gasteiger partial charge in [-0.05, 0) is 67.3 Å². The summed E-state index contributed by atoms with van der Waals surface area (Å²) in [5, 5.41) is 0. The van der Waals surface area contributed by atoms with Crippen molar-refractivity contribution in [3.05, 3.63) is 76.0 Å². The van der Waals surface area contributed by atoms with Gasteiger partial charge in [-0.2, -0.15) is 0 Å². The van der Waals surface area contributed by atoms with E-state index >= 15 is 0 Å². The molecule has 188 valence electrons. The Kier molecular flexibility index (Phi) is 7.72. The fourth-order valence-corrected chi connectivity index (χ4v) is 6.92. The van der Waals surface area contributed by atoms with E-state index in [2.05, 4.69) is 37.9 Å². The molecule has 1 unspecified atom stereocenters. The van der Waals surface area contributed by atoms with E-state index in [4.69, 9.17) is 5.73 Å². The number of hydrogen-bond acceptors (Lipinski definition) is 3. The van der Waals surface area contributed by atoms with E-state index in [1.54, 1.807) is 0 Å². The number of nitrogens with zero attached hydrogens (tertiary/aromatic N) is 2. The maximum absolute atomic E-state index is 13.9. The lowest BCUT2D eigenvalue weighted by molar-refractivity contribution is -0.128. The summed E-state index contributed by atoms with van der Waals surface area (Å²) in [5.74, 6) is 4.09. The summed E-state index contributed by atoms with van der Waals surface area (Å²) < 4.78 is 15.7. The van der Waals surface area contributed by atoms with Crippen LogP contribution < -0.4 is 5.73 Å². The summed E-state index contributed by atoms with van der Waals surface area (Å²) in [5.41, 5.74) is 12.6. The first-order valence-corrected chi connectivity index (χ1v) is 14.4. The predicted octanol–water partition coefficient (Wildman–Crippen LogP) is 4.46. The first-order valence-electron chi connectivity index (χ1n) is 12.7. The van der Waals surface area contributed by atoms with Gasteiger partial charge in [0.15, 0.2) is 0 Å². The number of amides is 1. The number of carbonyl (C=O) groups is 1. The van der Waals surface area contributed by atoms with Gasteiger partial charge in [0.1, 0.15) is 0 Å². The van der Waals surface area contributed by atoms with Crippen LogP contribution in [0.15, 0.2) is 58.6 Å². The predicted molar refractivity (Wildman–Crippen MR) is 146 cm³/mol. The molecular weight excluding hydrogens is 454 g/mol. The molecule has 4 rings (SSSR count). The zero-order valence-corrected chi connectivity index (χ0v) is 22.2. The van der Waals surface area contributed by atoms with Crippen LogP contribution in [-0.2, 0) is 27.3 Å². The van der Waals surface area contributed by atoms with E-state index in [1.807, 2.05) is 40.5 Å². The fourth-order valence-electron chi connectivity index (χ4n) is 5.34. The van der Waals surface area contributed by atoms with Gasteiger partial charge in [-0.1, -0.05) is 55.7 Å². The van der Waals surface area contributed by atoms with Crippen LogP contribution in [0.25, 0.3) is 0 Å². The first kappa shape index (κ1) is 25.5. The third-order valence-electron chi connectivity index (χ3n) is 7.53. The minimum atomic E-state index is -2.73. The highest BCUT2D eigenvalue weighted by molar-refractivity contribution is 7.98. The van der Waals surface area contributed by atoms with E-state index in [9.17, 15) is 9.00 Å². The molecule has 0 aromatic heterocycles. The zero-order chi connectivity index (χ0) is 25.2. The van der Waals surface area contributed by atoms with Crippen molar-refractivity contribution in [3.63, 3.8) is 0 Å². The smallest absolute Gasteiger partial charge is 0.252 e. The van der Waals surface area contributed by atoms with Gasteiger partial charge in [0.05, 0.1) is 15.3 Å². The van der Waals surface area contributed by atoms with E-state index in [-0.39, 0.29) is 18.5 Å². The standard InChI is InChI=1S/C29H39N3O2S/c1-5-22-16-21(2)17-24(18-22)19-23-10-12-26(13-11-23)35(4,34)32-15-14-28(30)27(20-32)29(33)31(3)25-8-6-7-9-25/h10-13,16-18,25H,4-9,14-15,19-20,30H2,1-3H3. The molecule has 1 aliphatic carbocycles. The van der Waals surface area contributed by atoms with E-state index in [0.717, 1.165) is 38.5 Å². The zero-order valence-electron chi connectivity index (χ0n) is 21.4. The third kappa shape index (κ3) is 5.65. The van der Waals surface area contributed by atoms with Gasteiger partial charge >= 0.3 is 0 Å². The number of nitrogens with two attached hydrogens (primary N) is 1. The monoisotopic (exact) mass is 493 g/mol. The molecule has 2 aromatic carbocycles. The average Bonchev–Trinajstić information content (AvgIpc) is 3.38. The Labute approximate surface area is 211 Å². The highest BCUT2D eigenvalue weighted by Gasteiger charge is 2.32. The van der Waals surface area contributed by atoms with Crippen LogP contribution in [0.4, 0.5) is 0 Å². The summed E-state index contributed by atoms with van der Waals surface area (Å²) in [4.78, 5) is 15.8. The summed E-state index contributed by atoms with van der Waals surface area (Å²) in [6.07, 6.45) is 6.79. The number of carbonyl (C=O) groups excluding carboxylic acids is 1. The molecule has 1 amide bonds. The summed E-state index contributed by atoms with van der Waals surface area (Å²) in [6.45, 7) is 5.11. The van der Waals surface area contributed by atoms with Crippen molar-refractivity contribution in [1.29, 1.82) is 0 Å². The highest BCUT2D eigenvalue weighted by Crippen LogP contribution is 2.27. The van der Waals surface area contributed by atoms with Crippen LogP contribution in [-0.4, -0.2) is 51.4 Å². The van der Waals surface area contributed by atoms with Crippen LogP contribution in [0.5, 0.6) is 0 Å². The molecule has 35 heavy (non-hydrogen) atoms. The van der Waals surface area contributed by atoms with E-state index in [1.165, 1.54) is 22.3 Å². The maximum Gasteiger partial charge on any atom is 0.252 e. The minimum absolute atomic E-state index is 0.0331. The molecule has 5 nitrogen and oxygen atoms in total. The van der Waals surface area contributed by atoms with Gasteiger partial charge in [0.25, 0.3) is 5.91 Å². The van der Waals surface area contributed by atoms with Gasteiger partial charge in [-0.25, -0.2) is 8.51 Å². The molecule has 6 heteroatoms. The molecule has 0 spiro atoms. The first-order chi connectivity index (χ1) is 16.7. The Morgan fingerprint density at radius 2 is 1.77 bits per heavy atom. The van der Waals surface area contributed by atoms with Crippen molar-refractivity contribution in [3.8, 4) is 0 Å². The summed E-state index contributed by atoms with van der Waals surface area (Å²) in [7, 11) is -0.860. The van der Waals surface area contributed by atoms with E-state index in [0.29, 0.717) is 29.1 Å². The Morgan fingerprint density at radius 3 is 2.43 bits per heavy atom. The summed E-state index contributed by atoms with van der Waals surface area (Å²) >= 11 is 0. The van der Waals surface area contributed by atoms with Crippen molar-refractivity contribution in [2.75, 3.05) is 20.1 Å². The lowest BCUT2D eigenvalue weighted by Gasteiger charge is -2.34. The Balaban J connectivity index is 1.48. The second-order valence-electron chi connectivity index (χ2n) is 10.1. The lowest BCUT2D eigenvalue weighted by Crippen LogP contribution is -2.44. The molecule has 1 atom stereocenters. The van der Waals surface area contributed by atoms with Gasteiger partial charge < -0.3 is 10.6 Å². The minimum Gasteiger partial charge on any atom is -0.402 e. The fraction of sp³-hybridized carbons (Fsp3) is 0.448. The number of hydrogen-bond donors (Lipinski definition) is 1. The highest BCUT2D eigenvalue weighted by atomic mass is 32.2. The van der Waals surface area contributed by atoms with Gasteiger partial charge in [-0.3, -0.25) is 4.79 Å². The normalized spacial score (nSPS) is 19.1. The van der Waals surface area contributed by atoms with Gasteiger partial charge in [-0.15, -0.1) is 0 Å². The van der Waals surface area contributed by atoms with Crippen molar-refractivity contribution in [1.82, 2.24) is 9.21 Å². The molecule has 2 N–H and O–H groups in total. The Hall–Kier alpha value is -2.57. The Morgan fingerprint density at radius 1 is 1.11 bits per heavy atom. The molecule has 2 aromatic rings. The van der Waals surface area contributed by atoms with Crippen molar-refractivity contribution in [2.45, 2.75) is 69.7 Å². The quantitative estimate of drug-likeness (QED) is 0.579. The second-order valence-corrected chi connectivity index (χ2v) is 12.4. The number of aryl methyl sites for hydroxylation is 2. The number of benzene rings is 2. The summed E-state index contributed by atoms with van der Waals surface area (Å²) in [6, 6.07) is 14.9. The topological polar surface area (TPSA) is 66.6 Å². The van der Waals surface area contributed by atoms with Crippen LogP contribution >= 0.6 is 0 Å². The van der Waals surface area contributed by atoms with Crippen LogP contribution in [0, 0.1) is 6.92 Å². The molecule has 1 aliphatic heterocycles. The molecule has 1 fully saturated rings. The molecule has 1 saturated carbocycles. The molecule has 1 heterocycles. The lowest BCUT2D eigenvalue weighted by atomic mass is 9.99. The molecular formula is C29H39N3O2S. The maximum atomic E-state index is 13.9. The average molecular weight is 494 g/mol. The van der Waals surface area contributed by atoms with Crippen LogP contribution in [0.3, 0.4) is 0 Å². The molecule has 0 saturated heterocycles. The molecule has 0 radical (unpaired) electrons. The molecule has 2 aliphatic rings. The van der Waals surface area contributed by atoms with Crippen molar-refractivity contribution in [2.24, 2.45) is 5.73 Å². The van der Waals surface area contributed by atoms with Gasteiger partial charge in [0.2, 0.25) is 0 Å². The number of rotatable bonds is 7. The SMILES string of the molecule is C=S(=O)(c1ccc(Cc2cc(C)cc(CC)c2)cc1)N1CCC(N)=C(C(=O)N(C)C2CCCC2)C1. The Bertz CT molecular complexity index is 1210. The number of likely N-dealkylation sites (N-methyl/N-ethyl adjacent to an activating group) is 1. The van der Waals surface area contributed by atoms with E-state index < -0.39 is 9.71 Å². The third-order valence-corrected chi connectivity index (χ3v) is 9.68.